The Morgan fingerprint density at radius 2 is 2.13 bits per heavy atom. The normalized spacial score (nSPS) is 23.9. The quantitative estimate of drug-likeness (QED) is 0.834. The molecule has 1 heterocycles. The second-order valence-electron chi connectivity index (χ2n) is 4.19. The zero-order valence-corrected chi connectivity index (χ0v) is 10.6. The first-order valence-corrected chi connectivity index (χ1v) is 6.22. The Hall–Kier alpha value is -0.570. The summed E-state index contributed by atoms with van der Waals surface area (Å²) < 4.78 is 6.31. The molecule has 0 saturated heterocycles. The molecule has 1 atom stereocenters. The number of carbonyl (C=O) groups excluding carboxylic acids is 1. The van der Waals surface area contributed by atoms with Gasteiger partial charge in [0.05, 0.1) is 0 Å². The third-order valence-electron chi connectivity index (χ3n) is 3.81. The van der Waals surface area contributed by atoms with Gasteiger partial charge in [-0.15, -0.1) is 0 Å². The van der Waals surface area contributed by atoms with Crippen molar-refractivity contribution in [2.24, 2.45) is 5.41 Å². The molecule has 1 unspecified atom stereocenters. The Kier molecular flexibility index (Phi) is 2.75. The van der Waals surface area contributed by atoms with Gasteiger partial charge in [0.2, 0.25) is 0 Å². The number of rotatable bonds is 3. The Labute approximate surface area is 98.2 Å². The first-order chi connectivity index (χ1) is 7.14. The van der Waals surface area contributed by atoms with Crippen molar-refractivity contribution in [3.8, 4) is 0 Å². The number of carbonyl (C=O) groups is 1. The van der Waals surface area contributed by atoms with E-state index in [4.69, 9.17) is 4.42 Å². The Morgan fingerprint density at radius 1 is 1.47 bits per heavy atom. The predicted octanol–water partition coefficient (Wildman–Crippen LogP) is 3.90. The Morgan fingerprint density at radius 3 is 2.53 bits per heavy atom. The topological polar surface area (TPSA) is 30.2 Å². The molecule has 2 nitrogen and oxygen atoms in total. The molecule has 1 saturated carbocycles. The standard InChI is InChI=1S/C12H15BrO2/c1-3-12(4-2)8(7-10(12)14)9-5-6-11(13)15-9/h5-6,8H,3-4,7H2,1-2H3. The minimum absolute atomic E-state index is 0.155. The number of halogens is 1. The van der Waals surface area contributed by atoms with Crippen LogP contribution in [0.3, 0.4) is 0 Å². The molecule has 1 fully saturated rings. The molecule has 82 valence electrons. The van der Waals surface area contributed by atoms with Crippen molar-refractivity contribution in [3.63, 3.8) is 0 Å². The second kappa shape index (κ2) is 3.78. The SMILES string of the molecule is CCC1(CC)C(=O)CC1c1ccc(Br)o1. The van der Waals surface area contributed by atoms with E-state index in [0.717, 1.165) is 23.3 Å². The monoisotopic (exact) mass is 270 g/mol. The van der Waals surface area contributed by atoms with Crippen molar-refractivity contribution < 1.29 is 9.21 Å². The van der Waals surface area contributed by atoms with Gasteiger partial charge in [-0.2, -0.15) is 0 Å². The number of hydrogen-bond donors (Lipinski definition) is 0. The van der Waals surface area contributed by atoms with Gasteiger partial charge < -0.3 is 4.42 Å². The van der Waals surface area contributed by atoms with E-state index >= 15 is 0 Å². The highest BCUT2D eigenvalue weighted by molar-refractivity contribution is 9.10. The van der Waals surface area contributed by atoms with Gasteiger partial charge in [0.25, 0.3) is 0 Å². The lowest BCUT2D eigenvalue weighted by molar-refractivity contribution is -0.142. The molecular weight excluding hydrogens is 256 g/mol. The van der Waals surface area contributed by atoms with Crippen molar-refractivity contribution in [1.29, 1.82) is 0 Å². The minimum Gasteiger partial charge on any atom is -0.454 e. The molecule has 0 bridgehead atoms. The summed E-state index contributed by atoms with van der Waals surface area (Å²) in [6, 6.07) is 3.87. The Balaban J connectivity index is 2.28. The van der Waals surface area contributed by atoms with Crippen LogP contribution in [0, 0.1) is 5.41 Å². The maximum absolute atomic E-state index is 11.8. The highest BCUT2D eigenvalue weighted by Crippen LogP contribution is 2.54. The van der Waals surface area contributed by atoms with Crippen molar-refractivity contribution in [2.45, 2.75) is 39.0 Å². The molecule has 0 amide bonds. The molecule has 0 aromatic carbocycles. The van der Waals surface area contributed by atoms with E-state index in [1.54, 1.807) is 0 Å². The van der Waals surface area contributed by atoms with Crippen molar-refractivity contribution in [3.05, 3.63) is 22.6 Å². The van der Waals surface area contributed by atoms with E-state index in [0.29, 0.717) is 12.2 Å². The van der Waals surface area contributed by atoms with Gasteiger partial charge >= 0.3 is 0 Å². The van der Waals surface area contributed by atoms with Crippen LogP contribution in [0.2, 0.25) is 0 Å². The number of hydrogen-bond acceptors (Lipinski definition) is 2. The van der Waals surface area contributed by atoms with Gasteiger partial charge in [-0.3, -0.25) is 4.79 Å². The van der Waals surface area contributed by atoms with Crippen molar-refractivity contribution >= 4 is 21.7 Å². The van der Waals surface area contributed by atoms with E-state index in [2.05, 4.69) is 29.8 Å². The van der Waals surface area contributed by atoms with E-state index < -0.39 is 0 Å². The van der Waals surface area contributed by atoms with Crippen LogP contribution in [0.5, 0.6) is 0 Å². The number of ketones is 1. The average Bonchev–Trinajstić information content (AvgIpc) is 2.63. The van der Waals surface area contributed by atoms with Crippen LogP contribution in [-0.4, -0.2) is 5.78 Å². The van der Waals surface area contributed by atoms with Gasteiger partial charge in [0.1, 0.15) is 11.5 Å². The van der Waals surface area contributed by atoms with Crippen LogP contribution in [0.25, 0.3) is 0 Å². The van der Waals surface area contributed by atoms with E-state index in [9.17, 15) is 4.79 Å². The van der Waals surface area contributed by atoms with Crippen LogP contribution in [0.1, 0.15) is 44.8 Å². The van der Waals surface area contributed by atoms with Gasteiger partial charge in [0.15, 0.2) is 4.67 Å². The fourth-order valence-electron chi connectivity index (χ4n) is 2.67. The van der Waals surface area contributed by atoms with Gasteiger partial charge in [0, 0.05) is 17.8 Å². The molecular formula is C12H15BrO2. The van der Waals surface area contributed by atoms with E-state index in [-0.39, 0.29) is 11.3 Å². The van der Waals surface area contributed by atoms with Crippen molar-refractivity contribution in [1.82, 2.24) is 0 Å². The largest absolute Gasteiger partial charge is 0.454 e. The van der Waals surface area contributed by atoms with E-state index in [1.807, 2.05) is 12.1 Å². The molecule has 1 aromatic rings. The maximum atomic E-state index is 11.8. The summed E-state index contributed by atoms with van der Waals surface area (Å²) in [7, 11) is 0. The molecule has 0 N–H and O–H groups in total. The van der Waals surface area contributed by atoms with Crippen LogP contribution < -0.4 is 0 Å². The zero-order valence-electron chi connectivity index (χ0n) is 9.05. The first-order valence-electron chi connectivity index (χ1n) is 5.42. The van der Waals surface area contributed by atoms with Gasteiger partial charge in [-0.25, -0.2) is 0 Å². The van der Waals surface area contributed by atoms with E-state index in [1.165, 1.54) is 0 Å². The summed E-state index contributed by atoms with van der Waals surface area (Å²) in [6.45, 7) is 4.18. The molecule has 3 heteroatoms. The Bertz CT molecular complexity index is 377. The third kappa shape index (κ3) is 1.48. The van der Waals surface area contributed by atoms with Crippen LogP contribution in [0.4, 0.5) is 0 Å². The van der Waals surface area contributed by atoms with Crippen LogP contribution in [0.15, 0.2) is 21.2 Å². The lowest BCUT2D eigenvalue weighted by Gasteiger charge is -2.46. The molecule has 0 spiro atoms. The van der Waals surface area contributed by atoms with Crippen LogP contribution >= 0.6 is 15.9 Å². The summed E-state index contributed by atoms with van der Waals surface area (Å²) in [5.41, 5.74) is -0.155. The first kappa shape index (κ1) is 10.9. The second-order valence-corrected chi connectivity index (χ2v) is 4.97. The van der Waals surface area contributed by atoms with Gasteiger partial charge in [-0.05, 0) is 40.9 Å². The molecule has 15 heavy (non-hydrogen) atoms. The molecule has 1 aromatic heterocycles. The zero-order chi connectivity index (χ0) is 11.1. The summed E-state index contributed by atoms with van der Waals surface area (Å²) in [4.78, 5) is 11.8. The minimum atomic E-state index is -0.155. The molecule has 0 aliphatic heterocycles. The number of furan rings is 1. The predicted molar refractivity (Wildman–Crippen MR) is 61.8 cm³/mol. The third-order valence-corrected chi connectivity index (χ3v) is 4.24. The number of Topliss-reactive ketones (excluding diaryl/α,β-unsaturated/α-hetero) is 1. The molecule has 0 radical (unpaired) electrons. The molecule has 1 aliphatic rings. The fourth-order valence-corrected chi connectivity index (χ4v) is 2.99. The molecule has 2 rings (SSSR count). The lowest BCUT2D eigenvalue weighted by Crippen LogP contribution is -2.47. The highest BCUT2D eigenvalue weighted by Gasteiger charge is 2.53. The van der Waals surface area contributed by atoms with Gasteiger partial charge in [-0.1, -0.05) is 13.8 Å². The summed E-state index contributed by atoms with van der Waals surface area (Å²) in [5, 5.41) is 0. The summed E-state index contributed by atoms with van der Waals surface area (Å²) in [6.07, 6.45) is 2.46. The summed E-state index contributed by atoms with van der Waals surface area (Å²) >= 11 is 3.30. The maximum Gasteiger partial charge on any atom is 0.169 e. The van der Waals surface area contributed by atoms with Crippen LogP contribution in [-0.2, 0) is 4.79 Å². The fraction of sp³-hybridized carbons (Fsp3) is 0.583. The smallest absolute Gasteiger partial charge is 0.169 e. The average molecular weight is 271 g/mol. The summed E-state index contributed by atoms with van der Waals surface area (Å²) in [5.74, 6) is 1.63. The van der Waals surface area contributed by atoms with Crippen molar-refractivity contribution in [2.75, 3.05) is 0 Å². The molecule has 1 aliphatic carbocycles. The lowest BCUT2D eigenvalue weighted by atomic mass is 9.55. The highest BCUT2D eigenvalue weighted by atomic mass is 79.9.